The number of nitrogens with zero attached hydrogens (tertiary/aromatic N) is 2. The third-order valence-corrected chi connectivity index (χ3v) is 2.04. The van der Waals surface area contributed by atoms with E-state index < -0.39 is 6.10 Å². The van der Waals surface area contributed by atoms with Gasteiger partial charge in [-0.2, -0.15) is 0 Å². The molecule has 0 aliphatic heterocycles. The predicted molar refractivity (Wildman–Crippen MR) is 65.5 cm³/mol. The first-order valence-corrected chi connectivity index (χ1v) is 5.75. The minimum Gasteiger partial charge on any atom is -0.389 e. The van der Waals surface area contributed by atoms with Gasteiger partial charge in [0, 0.05) is 19.3 Å². The molecular weight excluding hydrogens is 218 g/mol. The third-order valence-electron chi connectivity index (χ3n) is 2.04. The van der Waals surface area contributed by atoms with Gasteiger partial charge in [0.1, 0.15) is 6.33 Å². The molecule has 1 heterocycles. The maximum Gasteiger partial charge on any atom is 0.115 e. The van der Waals surface area contributed by atoms with Crippen LogP contribution in [0.4, 0.5) is 0 Å². The highest BCUT2D eigenvalue weighted by Gasteiger charge is 2.13. The van der Waals surface area contributed by atoms with Crippen molar-refractivity contribution in [2.45, 2.75) is 39.0 Å². The molecule has 5 heteroatoms. The summed E-state index contributed by atoms with van der Waals surface area (Å²) in [6.07, 6.45) is 2.70. The summed E-state index contributed by atoms with van der Waals surface area (Å²) in [6, 6.07) is 1.84. The van der Waals surface area contributed by atoms with E-state index in [1.165, 1.54) is 6.33 Å². The van der Waals surface area contributed by atoms with E-state index in [4.69, 9.17) is 4.74 Å². The van der Waals surface area contributed by atoms with Crippen LogP contribution in [-0.2, 0) is 11.3 Å². The van der Waals surface area contributed by atoms with Crippen molar-refractivity contribution in [3.63, 3.8) is 0 Å². The molecular formula is C12H21N3O2. The summed E-state index contributed by atoms with van der Waals surface area (Å²) in [5.74, 6) is 0. The maximum absolute atomic E-state index is 9.67. The standard InChI is InChI=1S/C12H21N3O2/c1-12(2,3)17-8-11(16)7-14-6-10-4-5-13-9-15-10/h4-5,9,11,14,16H,6-8H2,1-3H3. The zero-order chi connectivity index (χ0) is 12.7. The number of hydrogen-bond acceptors (Lipinski definition) is 5. The minimum atomic E-state index is -0.504. The van der Waals surface area contributed by atoms with Crippen molar-refractivity contribution in [3.05, 3.63) is 24.3 Å². The zero-order valence-corrected chi connectivity index (χ0v) is 10.7. The normalized spacial score (nSPS) is 13.6. The van der Waals surface area contributed by atoms with Gasteiger partial charge in [0.2, 0.25) is 0 Å². The number of rotatable bonds is 6. The lowest BCUT2D eigenvalue weighted by atomic mass is 10.2. The van der Waals surface area contributed by atoms with Crippen LogP contribution in [0.15, 0.2) is 18.6 Å². The number of nitrogens with one attached hydrogen (secondary N) is 1. The van der Waals surface area contributed by atoms with E-state index in [2.05, 4.69) is 15.3 Å². The van der Waals surface area contributed by atoms with Gasteiger partial charge in [0.25, 0.3) is 0 Å². The average molecular weight is 239 g/mol. The van der Waals surface area contributed by atoms with Crippen molar-refractivity contribution >= 4 is 0 Å². The first-order chi connectivity index (χ1) is 7.97. The second kappa shape index (κ2) is 6.64. The first-order valence-electron chi connectivity index (χ1n) is 5.75. The first kappa shape index (κ1) is 14.0. The Morgan fingerprint density at radius 1 is 1.47 bits per heavy atom. The van der Waals surface area contributed by atoms with Gasteiger partial charge in [-0.05, 0) is 26.8 Å². The molecule has 1 atom stereocenters. The summed E-state index contributed by atoms with van der Waals surface area (Å²) in [5.41, 5.74) is 0.692. The van der Waals surface area contributed by atoms with Gasteiger partial charge in [0.15, 0.2) is 0 Å². The van der Waals surface area contributed by atoms with Crippen LogP contribution in [0.2, 0.25) is 0 Å². The number of aliphatic hydroxyl groups excluding tert-OH is 1. The van der Waals surface area contributed by atoms with E-state index in [9.17, 15) is 5.11 Å². The number of ether oxygens (including phenoxy) is 1. The highest BCUT2D eigenvalue weighted by atomic mass is 16.5. The molecule has 5 nitrogen and oxygen atoms in total. The molecule has 0 aliphatic carbocycles. The van der Waals surface area contributed by atoms with Gasteiger partial charge < -0.3 is 15.2 Å². The van der Waals surface area contributed by atoms with Crippen LogP contribution >= 0.6 is 0 Å². The molecule has 0 saturated carbocycles. The van der Waals surface area contributed by atoms with Crippen molar-refractivity contribution in [1.82, 2.24) is 15.3 Å². The molecule has 17 heavy (non-hydrogen) atoms. The van der Waals surface area contributed by atoms with E-state index in [1.54, 1.807) is 6.20 Å². The maximum atomic E-state index is 9.67. The van der Waals surface area contributed by atoms with Crippen LogP contribution in [0.3, 0.4) is 0 Å². The Morgan fingerprint density at radius 2 is 2.24 bits per heavy atom. The smallest absolute Gasteiger partial charge is 0.115 e. The molecule has 0 spiro atoms. The van der Waals surface area contributed by atoms with Gasteiger partial charge in [-0.1, -0.05) is 0 Å². The van der Waals surface area contributed by atoms with Gasteiger partial charge in [-0.15, -0.1) is 0 Å². The lowest BCUT2D eigenvalue weighted by Crippen LogP contribution is -2.33. The molecule has 0 aliphatic rings. The quantitative estimate of drug-likeness (QED) is 0.766. The Balaban J connectivity index is 2.14. The summed E-state index contributed by atoms with van der Waals surface area (Å²) in [4.78, 5) is 7.91. The van der Waals surface area contributed by atoms with Crippen LogP contribution in [0.5, 0.6) is 0 Å². The van der Waals surface area contributed by atoms with Gasteiger partial charge in [0.05, 0.1) is 24.0 Å². The van der Waals surface area contributed by atoms with E-state index in [-0.39, 0.29) is 5.60 Å². The van der Waals surface area contributed by atoms with Crippen LogP contribution in [0, 0.1) is 0 Å². The van der Waals surface area contributed by atoms with Crippen molar-refractivity contribution in [1.29, 1.82) is 0 Å². The van der Waals surface area contributed by atoms with E-state index >= 15 is 0 Å². The molecule has 0 amide bonds. The van der Waals surface area contributed by atoms with E-state index in [0.717, 1.165) is 5.69 Å². The topological polar surface area (TPSA) is 67.3 Å². The lowest BCUT2D eigenvalue weighted by molar-refractivity contribution is -0.0479. The number of hydrogen-bond donors (Lipinski definition) is 2. The Bertz CT molecular complexity index is 311. The minimum absolute atomic E-state index is 0.215. The Morgan fingerprint density at radius 3 is 2.82 bits per heavy atom. The van der Waals surface area contributed by atoms with Gasteiger partial charge in [-0.25, -0.2) is 9.97 Å². The molecule has 0 radical (unpaired) electrons. The fourth-order valence-corrected chi connectivity index (χ4v) is 1.19. The Labute approximate surface area is 102 Å². The predicted octanol–water partition coefficient (Wildman–Crippen LogP) is 0.742. The molecule has 0 aromatic carbocycles. The monoisotopic (exact) mass is 239 g/mol. The highest BCUT2D eigenvalue weighted by molar-refractivity contribution is 4.96. The van der Waals surface area contributed by atoms with Crippen molar-refractivity contribution < 1.29 is 9.84 Å². The highest BCUT2D eigenvalue weighted by Crippen LogP contribution is 2.06. The van der Waals surface area contributed by atoms with Crippen molar-refractivity contribution in [2.24, 2.45) is 0 Å². The Hall–Kier alpha value is -1.04. The lowest BCUT2D eigenvalue weighted by Gasteiger charge is -2.22. The van der Waals surface area contributed by atoms with Crippen LogP contribution in [0.25, 0.3) is 0 Å². The molecule has 1 aromatic rings. The molecule has 96 valence electrons. The third kappa shape index (κ3) is 6.99. The summed E-state index contributed by atoms with van der Waals surface area (Å²) >= 11 is 0. The number of aliphatic hydroxyl groups is 1. The molecule has 0 saturated heterocycles. The van der Waals surface area contributed by atoms with Gasteiger partial charge >= 0.3 is 0 Å². The average Bonchev–Trinajstić information content (AvgIpc) is 2.27. The Kier molecular flexibility index (Phi) is 5.47. The summed E-state index contributed by atoms with van der Waals surface area (Å²) in [7, 11) is 0. The SMILES string of the molecule is CC(C)(C)OCC(O)CNCc1ccncn1. The second-order valence-electron chi connectivity index (χ2n) is 4.91. The fourth-order valence-electron chi connectivity index (χ4n) is 1.19. The fraction of sp³-hybridized carbons (Fsp3) is 0.667. The van der Waals surface area contributed by atoms with E-state index in [0.29, 0.717) is 19.7 Å². The number of aromatic nitrogens is 2. The molecule has 1 aromatic heterocycles. The van der Waals surface area contributed by atoms with Crippen molar-refractivity contribution in [2.75, 3.05) is 13.2 Å². The molecule has 0 bridgehead atoms. The summed E-state index contributed by atoms with van der Waals surface area (Å²) in [5, 5.41) is 12.8. The molecule has 2 N–H and O–H groups in total. The summed E-state index contributed by atoms with van der Waals surface area (Å²) in [6.45, 7) is 7.34. The van der Waals surface area contributed by atoms with Crippen LogP contribution in [-0.4, -0.2) is 39.9 Å². The van der Waals surface area contributed by atoms with Crippen LogP contribution < -0.4 is 5.32 Å². The molecule has 0 fully saturated rings. The zero-order valence-electron chi connectivity index (χ0n) is 10.7. The van der Waals surface area contributed by atoms with Crippen LogP contribution in [0.1, 0.15) is 26.5 Å². The van der Waals surface area contributed by atoms with Gasteiger partial charge in [-0.3, -0.25) is 0 Å². The molecule has 1 rings (SSSR count). The molecule has 1 unspecified atom stereocenters. The van der Waals surface area contributed by atoms with Crippen molar-refractivity contribution in [3.8, 4) is 0 Å². The second-order valence-corrected chi connectivity index (χ2v) is 4.91. The largest absolute Gasteiger partial charge is 0.389 e. The van der Waals surface area contributed by atoms with E-state index in [1.807, 2.05) is 26.8 Å². The summed E-state index contributed by atoms with van der Waals surface area (Å²) < 4.78 is 5.48.